The van der Waals surface area contributed by atoms with Gasteiger partial charge in [0.1, 0.15) is 17.0 Å². The molecule has 3 aromatic rings. The van der Waals surface area contributed by atoms with Gasteiger partial charge in [0.2, 0.25) is 0 Å². The van der Waals surface area contributed by atoms with E-state index in [0.717, 1.165) is 22.5 Å². The van der Waals surface area contributed by atoms with Gasteiger partial charge >= 0.3 is 0 Å². The van der Waals surface area contributed by atoms with Crippen LogP contribution in [0.2, 0.25) is 0 Å². The number of hydrogen-bond donors (Lipinski definition) is 0. The van der Waals surface area contributed by atoms with Gasteiger partial charge in [-0.05, 0) is 24.3 Å². The molecular formula is C13H11N3O. The minimum Gasteiger partial charge on any atom is -0.494 e. The normalized spacial score (nSPS) is 10.6. The number of benzene rings is 2. The van der Waals surface area contributed by atoms with Crippen LogP contribution in [-0.4, -0.2) is 22.1 Å². The maximum atomic E-state index is 5.33. The number of hydrogen-bond acceptors (Lipinski definition) is 3. The molecule has 0 radical (unpaired) electrons. The molecule has 0 aliphatic heterocycles. The van der Waals surface area contributed by atoms with E-state index in [4.69, 9.17) is 4.74 Å². The molecule has 0 bridgehead atoms. The minimum absolute atomic E-state index is 0.781. The molecule has 0 saturated heterocycles. The number of rotatable bonds is 2. The van der Waals surface area contributed by atoms with Crippen molar-refractivity contribution in [2.75, 3.05) is 7.11 Å². The number of nitrogens with zero attached hydrogens (tertiary/aromatic N) is 3. The van der Waals surface area contributed by atoms with Gasteiger partial charge in [0.15, 0.2) is 0 Å². The molecule has 0 spiro atoms. The van der Waals surface area contributed by atoms with E-state index in [0.29, 0.717) is 0 Å². The fourth-order valence-electron chi connectivity index (χ4n) is 1.85. The maximum absolute atomic E-state index is 5.33. The summed E-state index contributed by atoms with van der Waals surface area (Å²) in [6.45, 7) is 0. The van der Waals surface area contributed by atoms with Crippen molar-refractivity contribution in [2.24, 2.45) is 0 Å². The lowest BCUT2D eigenvalue weighted by molar-refractivity contribution is 0.412. The Morgan fingerprint density at radius 1 is 1.00 bits per heavy atom. The number of methoxy groups -OCH3 is 1. The predicted molar refractivity (Wildman–Crippen MR) is 65.4 cm³/mol. The summed E-state index contributed by atoms with van der Waals surface area (Å²) >= 11 is 0. The summed E-state index contributed by atoms with van der Waals surface area (Å²) in [7, 11) is 1.65. The first-order valence-corrected chi connectivity index (χ1v) is 5.34. The van der Waals surface area contributed by atoms with E-state index in [1.807, 2.05) is 48.5 Å². The van der Waals surface area contributed by atoms with Crippen LogP contribution in [0.1, 0.15) is 0 Å². The van der Waals surface area contributed by atoms with Crippen molar-refractivity contribution in [2.45, 2.75) is 0 Å². The fraction of sp³-hybridized carbons (Fsp3) is 0.0769. The van der Waals surface area contributed by atoms with E-state index in [1.54, 1.807) is 11.8 Å². The van der Waals surface area contributed by atoms with E-state index in [-0.39, 0.29) is 0 Å². The molecule has 2 aromatic carbocycles. The van der Waals surface area contributed by atoms with Gasteiger partial charge in [-0.3, -0.25) is 0 Å². The van der Waals surface area contributed by atoms with Crippen molar-refractivity contribution in [3.8, 4) is 11.4 Å². The standard InChI is InChI=1S/C13H11N3O/c1-17-13-9-5-4-8-12(13)16-11-7-3-2-6-10(11)14-15-16/h2-9H,1H3. The summed E-state index contributed by atoms with van der Waals surface area (Å²) in [5.41, 5.74) is 2.74. The highest BCUT2D eigenvalue weighted by molar-refractivity contribution is 5.76. The number of fused-ring (bicyclic) bond motifs is 1. The second-order valence-electron chi connectivity index (χ2n) is 3.66. The molecule has 1 aromatic heterocycles. The summed E-state index contributed by atoms with van der Waals surface area (Å²) in [6, 6.07) is 15.6. The van der Waals surface area contributed by atoms with Gasteiger partial charge in [-0.25, -0.2) is 4.68 Å². The SMILES string of the molecule is COc1ccccc1-n1nnc2ccccc21. The van der Waals surface area contributed by atoms with Gasteiger partial charge in [0.05, 0.1) is 12.6 Å². The Balaban J connectivity index is 2.27. The smallest absolute Gasteiger partial charge is 0.144 e. The number of aromatic nitrogens is 3. The Morgan fingerprint density at radius 2 is 1.76 bits per heavy atom. The van der Waals surface area contributed by atoms with Crippen molar-refractivity contribution in [1.29, 1.82) is 0 Å². The average Bonchev–Trinajstić information content (AvgIpc) is 2.82. The second-order valence-corrected chi connectivity index (χ2v) is 3.66. The molecule has 0 fully saturated rings. The summed E-state index contributed by atoms with van der Waals surface area (Å²) in [4.78, 5) is 0. The first kappa shape index (κ1) is 9.84. The third-order valence-corrected chi connectivity index (χ3v) is 2.67. The van der Waals surface area contributed by atoms with Crippen LogP contribution in [0.4, 0.5) is 0 Å². The minimum atomic E-state index is 0.781. The summed E-state index contributed by atoms with van der Waals surface area (Å²) in [5.74, 6) is 0.781. The van der Waals surface area contributed by atoms with Crippen LogP contribution in [0.3, 0.4) is 0 Å². The Bertz CT molecular complexity index is 660. The van der Waals surface area contributed by atoms with E-state index in [9.17, 15) is 0 Å². The highest BCUT2D eigenvalue weighted by Gasteiger charge is 2.09. The molecule has 0 aliphatic rings. The van der Waals surface area contributed by atoms with Crippen molar-refractivity contribution in [3.05, 3.63) is 48.5 Å². The van der Waals surface area contributed by atoms with E-state index >= 15 is 0 Å². The van der Waals surface area contributed by atoms with Gasteiger partial charge in [-0.2, -0.15) is 0 Å². The lowest BCUT2D eigenvalue weighted by Gasteiger charge is -2.07. The van der Waals surface area contributed by atoms with Crippen LogP contribution in [0.25, 0.3) is 16.7 Å². The molecule has 4 nitrogen and oxygen atoms in total. The van der Waals surface area contributed by atoms with Crippen LogP contribution in [-0.2, 0) is 0 Å². The van der Waals surface area contributed by atoms with Gasteiger partial charge < -0.3 is 4.74 Å². The van der Waals surface area contributed by atoms with Crippen LogP contribution in [0.15, 0.2) is 48.5 Å². The van der Waals surface area contributed by atoms with E-state index in [2.05, 4.69) is 10.3 Å². The zero-order valence-electron chi connectivity index (χ0n) is 9.37. The van der Waals surface area contributed by atoms with Crippen molar-refractivity contribution < 1.29 is 4.74 Å². The highest BCUT2D eigenvalue weighted by Crippen LogP contribution is 2.24. The third-order valence-electron chi connectivity index (χ3n) is 2.67. The fourth-order valence-corrected chi connectivity index (χ4v) is 1.85. The molecule has 84 valence electrons. The maximum Gasteiger partial charge on any atom is 0.144 e. The Labute approximate surface area is 98.4 Å². The molecule has 17 heavy (non-hydrogen) atoms. The molecule has 0 atom stereocenters. The molecule has 0 amide bonds. The third kappa shape index (κ3) is 1.54. The molecule has 0 aliphatic carbocycles. The van der Waals surface area contributed by atoms with Crippen LogP contribution in [0, 0.1) is 0 Å². The summed E-state index contributed by atoms with van der Waals surface area (Å²) in [5, 5.41) is 8.29. The molecule has 0 N–H and O–H groups in total. The van der Waals surface area contributed by atoms with Crippen molar-refractivity contribution >= 4 is 11.0 Å². The topological polar surface area (TPSA) is 39.9 Å². The van der Waals surface area contributed by atoms with Gasteiger partial charge in [-0.15, -0.1) is 5.10 Å². The Hall–Kier alpha value is -2.36. The van der Waals surface area contributed by atoms with Gasteiger partial charge in [0.25, 0.3) is 0 Å². The quantitative estimate of drug-likeness (QED) is 0.672. The Morgan fingerprint density at radius 3 is 2.65 bits per heavy atom. The van der Waals surface area contributed by atoms with Crippen LogP contribution in [0.5, 0.6) is 5.75 Å². The molecule has 0 unspecified atom stereocenters. The molecule has 0 saturated carbocycles. The van der Waals surface area contributed by atoms with Gasteiger partial charge in [-0.1, -0.05) is 29.5 Å². The highest BCUT2D eigenvalue weighted by atomic mass is 16.5. The number of para-hydroxylation sites is 3. The Kier molecular flexibility index (Phi) is 2.26. The van der Waals surface area contributed by atoms with E-state index in [1.165, 1.54) is 0 Å². The summed E-state index contributed by atoms with van der Waals surface area (Å²) < 4.78 is 7.12. The first-order valence-electron chi connectivity index (χ1n) is 5.34. The molecule has 4 heteroatoms. The molecule has 1 heterocycles. The zero-order chi connectivity index (χ0) is 11.7. The molecular weight excluding hydrogens is 214 g/mol. The van der Waals surface area contributed by atoms with Crippen LogP contribution >= 0.6 is 0 Å². The second kappa shape index (κ2) is 3.90. The molecule has 3 rings (SSSR count). The van der Waals surface area contributed by atoms with Crippen molar-refractivity contribution in [3.63, 3.8) is 0 Å². The van der Waals surface area contributed by atoms with Crippen LogP contribution < -0.4 is 4.74 Å². The zero-order valence-corrected chi connectivity index (χ0v) is 9.37. The first-order chi connectivity index (χ1) is 8.40. The van der Waals surface area contributed by atoms with Gasteiger partial charge in [0, 0.05) is 0 Å². The monoisotopic (exact) mass is 225 g/mol. The summed E-state index contributed by atoms with van der Waals surface area (Å²) in [6.07, 6.45) is 0. The number of ether oxygens (including phenoxy) is 1. The van der Waals surface area contributed by atoms with Crippen molar-refractivity contribution in [1.82, 2.24) is 15.0 Å². The lowest BCUT2D eigenvalue weighted by atomic mass is 10.2. The largest absolute Gasteiger partial charge is 0.494 e. The lowest BCUT2D eigenvalue weighted by Crippen LogP contribution is -1.99. The average molecular weight is 225 g/mol. The predicted octanol–water partition coefficient (Wildman–Crippen LogP) is 2.43. The van der Waals surface area contributed by atoms with E-state index < -0.39 is 0 Å².